The first-order valence-electron chi connectivity index (χ1n) is 8.55. The zero-order valence-electron chi connectivity index (χ0n) is 14.4. The fraction of sp³-hybridized carbons (Fsp3) is 0.556. The molecule has 0 saturated carbocycles. The summed E-state index contributed by atoms with van der Waals surface area (Å²) in [5.41, 5.74) is 1.15. The zero-order valence-corrected chi connectivity index (χ0v) is 14.4. The minimum Gasteiger partial charge on any atom is -0.497 e. The largest absolute Gasteiger partial charge is 0.497 e. The molecule has 2 aliphatic heterocycles. The Morgan fingerprint density at radius 2 is 1.71 bits per heavy atom. The topological polar surface area (TPSA) is 53.1 Å². The molecule has 3 rings (SSSR count). The van der Waals surface area contributed by atoms with Crippen LogP contribution in [0, 0.1) is 0 Å². The molecule has 130 valence electrons. The molecule has 0 aromatic heterocycles. The van der Waals surface area contributed by atoms with Crippen LogP contribution in [0.5, 0.6) is 5.75 Å². The summed E-state index contributed by atoms with van der Waals surface area (Å²) in [6, 6.07) is 7.75. The van der Waals surface area contributed by atoms with E-state index in [1.807, 2.05) is 29.2 Å². The predicted octanol–water partition coefficient (Wildman–Crippen LogP) is 1.35. The van der Waals surface area contributed by atoms with Crippen molar-refractivity contribution in [1.29, 1.82) is 0 Å². The van der Waals surface area contributed by atoms with Crippen LogP contribution in [0.15, 0.2) is 24.3 Å². The van der Waals surface area contributed by atoms with Crippen molar-refractivity contribution in [3.8, 4) is 5.75 Å². The molecule has 1 aromatic rings. The predicted molar refractivity (Wildman–Crippen MR) is 92.2 cm³/mol. The Hall–Kier alpha value is -2.24. The average molecular weight is 331 g/mol. The second kappa shape index (κ2) is 7.11. The van der Waals surface area contributed by atoms with Crippen LogP contribution in [0.3, 0.4) is 0 Å². The number of nitrogens with zero attached hydrogens (tertiary/aromatic N) is 3. The molecule has 24 heavy (non-hydrogen) atoms. The molecule has 2 amide bonds. The summed E-state index contributed by atoms with van der Waals surface area (Å²) in [6.07, 6.45) is 1.71. The molecule has 2 aliphatic rings. The van der Waals surface area contributed by atoms with Crippen molar-refractivity contribution < 1.29 is 14.3 Å². The van der Waals surface area contributed by atoms with Gasteiger partial charge in [0.05, 0.1) is 7.11 Å². The Morgan fingerprint density at radius 3 is 2.29 bits per heavy atom. The number of carbonyl (C=O) groups is 2. The van der Waals surface area contributed by atoms with Crippen molar-refractivity contribution in [2.75, 3.05) is 44.7 Å². The number of methoxy groups -OCH3 is 1. The lowest BCUT2D eigenvalue weighted by Crippen LogP contribution is -2.54. The Bertz CT molecular complexity index is 594. The smallest absolute Gasteiger partial charge is 0.245 e. The Labute approximate surface area is 143 Å². The lowest BCUT2D eigenvalue weighted by atomic mass is 10.1. The van der Waals surface area contributed by atoms with E-state index in [0.717, 1.165) is 37.4 Å². The summed E-state index contributed by atoms with van der Waals surface area (Å²) in [6.45, 7) is 5.28. The maximum Gasteiger partial charge on any atom is 0.245 e. The second-order valence-corrected chi connectivity index (χ2v) is 6.38. The monoisotopic (exact) mass is 331 g/mol. The lowest BCUT2D eigenvalue weighted by molar-refractivity contribution is -0.143. The molecule has 2 fully saturated rings. The molecule has 6 nitrogen and oxygen atoms in total. The molecule has 0 spiro atoms. The van der Waals surface area contributed by atoms with Gasteiger partial charge < -0.3 is 19.4 Å². The summed E-state index contributed by atoms with van der Waals surface area (Å²) in [4.78, 5) is 30.3. The van der Waals surface area contributed by atoms with E-state index in [4.69, 9.17) is 4.74 Å². The zero-order chi connectivity index (χ0) is 17.1. The van der Waals surface area contributed by atoms with Crippen LogP contribution in [0.1, 0.15) is 19.8 Å². The molecular weight excluding hydrogens is 306 g/mol. The van der Waals surface area contributed by atoms with E-state index in [2.05, 4.69) is 4.90 Å². The van der Waals surface area contributed by atoms with Crippen LogP contribution < -0.4 is 9.64 Å². The lowest BCUT2D eigenvalue weighted by Gasteiger charge is -2.38. The quantitative estimate of drug-likeness (QED) is 0.839. The Kier molecular flexibility index (Phi) is 4.92. The molecule has 1 aromatic carbocycles. The van der Waals surface area contributed by atoms with Gasteiger partial charge in [0.2, 0.25) is 11.8 Å². The van der Waals surface area contributed by atoms with E-state index < -0.39 is 0 Å². The molecule has 6 heteroatoms. The van der Waals surface area contributed by atoms with Gasteiger partial charge in [0.1, 0.15) is 11.8 Å². The number of anilines is 1. The van der Waals surface area contributed by atoms with Gasteiger partial charge in [0.15, 0.2) is 0 Å². The van der Waals surface area contributed by atoms with Crippen LogP contribution in [0.25, 0.3) is 0 Å². The molecule has 2 heterocycles. The first-order valence-corrected chi connectivity index (χ1v) is 8.55. The number of hydrogen-bond donors (Lipinski definition) is 0. The fourth-order valence-electron chi connectivity index (χ4n) is 3.59. The molecule has 0 N–H and O–H groups in total. The number of hydrogen-bond acceptors (Lipinski definition) is 4. The van der Waals surface area contributed by atoms with E-state index in [9.17, 15) is 9.59 Å². The van der Waals surface area contributed by atoms with Gasteiger partial charge >= 0.3 is 0 Å². The van der Waals surface area contributed by atoms with Crippen molar-refractivity contribution in [2.45, 2.75) is 25.8 Å². The minimum absolute atomic E-state index is 0.00252. The van der Waals surface area contributed by atoms with Crippen LogP contribution in [0.2, 0.25) is 0 Å². The average Bonchev–Trinajstić information content (AvgIpc) is 3.11. The Balaban J connectivity index is 1.58. The van der Waals surface area contributed by atoms with Crippen LogP contribution in [-0.4, -0.2) is 67.5 Å². The van der Waals surface area contributed by atoms with E-state index in [1.165, 1.54) is 0 Å². The summed E-state index contributed by atoms with van der Waals surface area (Å²) in [5, 5.41) is 0. The second-order valence-electron chi connectivity index (χ2n) is 6.38. The normalized spacial score (nSPS) is 21.1. The van der Waals surface area contributed by atoms with Crippen LogP contribution >= 0.6 is 0 Å². The number of carbonyl (C=O) groups excluding carboxylic acids is 2. The van der Waals surface area contributed by atoms with Gasteiger partial charge in [-0.25, -0.2) is 0 Å². The van der Waals surface area contributed by atoms with Gasteiger partial charge in [-0.15, -0.1) is 0 Å². The highest BCUT2D eigenvalue weighted by Gasteiger charge is 2.36. The number of amides is 2. The summed E-state index contributed by atoms with van der Waals surface area (Å²) >= 11 is 0. The number of piperazine rings is 1. The number of rotatable bonds is 3. The minimum atomic E-state index is -0.255. The van der Waals surface area contributed by atoms with Gasteiger partial charge in [0, 0.05) is 45.3 Å². The number of likely N-dealkylation sites (tertiary alicyclic amines) is 1. The third-order valence-electron chi connectivity index (χ3n) is 4.97. The molecule has 0 bridgehead atoms. The van der Waals surface area contributed by atoms with Gasteiger partial charge in [-0.3, -0.25) is 9.59 Å². The highest BCUT2D eigenvalue weighted by atomic mass is 16.5. The molecule has 2 saturated heterocycles. The van der Waals surface area contributed by atoms with E-state index >= 15 is 0 Å². The number of ether oxygens (including phenoxy) is 1. The summed E-state index contributed by atoms with van der Waals surface area (Å²) < 4.78 is 5.19. The van der Waals surface area contributed by atoms with E-state index in [-0.39, 0.29) is 17.9 Å². The SMILES string of the molecule is COc1ccc(N2CCN(C(=O)[C@@H]3CCCN3C(C)=O)CC2)cc1. The molecule has 0 radical (unpaired) electrons. The van der Waals surface area contributed by atoms with Crippen molar-refractivity contribution >= 4 is 17.5 Å². The van der Waals surface area contributed by atoms with Crippen molar-refractivity contribution in [1.82, 2.24) is 9.80 Å². The standard InChI is InChI=1S/C18H25N3O3/c1-14(22)21-9-3-4-17(21)18(23)20-12-10-19(11-13-20)15-5-7-16(24-2)8-6-15/h5-8,17H,3-4,9-13H2,1-2H3/t17-/m0/s1. The number of benzene rings is 1. The van der Waals surface area contributed by atoms with Gasteiger partial charge in [-0.05, 0) is 37.1 Å². The highest BCUT2D eigenvalue weighted by Crippen LogP contribution is 2.23. The molecule has 0 unspecified atom stereocenters. The van der Waals surface area contributed by atoms with Crippen molar-refractivity contribution in [2.24, 2.45) is 0 Å². The van der Waals surface area contributed by atoms with Crippen molar-refractivity contribution in [3.05, 3.63) is 24.3 Å². The van der Waals surface area contributed by atoms with E-state index in [1.54, 1.807) is 18.9 Å². The maximum atomic E-state index is 12.7. The third kappa shape index (κ3) is 3.32. The highest BCUT2D eigenvalue weighted by molar-refractivity contribution is 5.87. The molecule has 0 aliphatic carbocycles. The molecular formula is C18H25N3O3. The van der Waals surface area contributed by atoms with Crippen molar-refractivity contribution in [3.63, 3.8) is 0 Å². The van der Waals surface area contributed by atoms with Crippen LogP contribution in [0.4, 0.5) is 5.69 Å². The van der Waals surface area contributed by atoms with Gasteiger partial charge in [-0.1, -0.05) is 0 Å². The Morgan fingerprint density at radius 1 is 1.04 bits per heavy atom. The maximum absolute atomic E-state index is 12.7. The van der Waals surface area contributed by atoms with Gasteiger partial charge in [0.25, 0.3) is 0 Å². The fourth-order valence-corrected chi connectivity index (χ4v) is 3.59. The summed E-state index contributed by atoms with van der Waals surface area (Å²) in [7, 11) is 1.66. The summed E-state index contributed by atoms with van der Waals surface area (Å²) in [5.74, 6) is 0.956. The first kappa shape index (κ1) is 16.6. The first-order chi connectivity index (χ1) is 11.6. The molecule has 1 atom stereocenters. The van der Waals surface area contributed by atoms with Gasteiger partial charge in [-0.2, -0.15) is 0 Å². The van der Waals surface area contributed by atoms with E-state index in [0.29, 0.717) is 19.6 Å². The van der Waals surface area contributed by atoms with Crippen LogP contribution in [-0.2, 0) is 9.59 Å². The third-order valence-corrected chi connectivity index (χ3v) is 4.97.